The van der Waals surface area contributed by atoms with Crippen LogP contribution in [0.1, 0.15) is 39.4 Å². The quantitative estimate of drug-likeness (QED) is 0.582. The summed E-state index contributed by atoms with van der Waals surface area (Å²) in [6, 6.07) is 7.70. The average Bonchev–Trinajstić information content (AvgIpc) is 2.81. The van der Waals surface area contributed by atoms with Gasteiger partial charge in [0.15, 0.2) is 0 Å². The van der Waals surface area contributed by atoms with Gasteiger partial charge in [0, 0.05) is 12.6 Å². The van der Waals surface area contributed by atoms with Gasteiger partial charge >= 0.3 is 0 Å². The average molecular weight is 356 g/mol. The summed E-state index contributed by atoms with van der Waals surface area (Å²) in [4.78, 5) is 23.8. The van der Waals surface area contributed by atoms with Crippen molar-refractivity contribution >= 4 is 35.0 Å². The smallest absolute Gasteiger partial charge is 0.274 e. The second-order valence-electron chi connectivity index (χ2n) is 4.99. The van der Waals surface area contributed by atoms with E-state index in [1.54, 1.807) is 43.7 Å². The molecule has 0 saturated heterocycles. The van der Waals surface area contributed by atoms with Gasteiger partial charge in [-0.05, 0) is 30.7 Å². The summed E-state index contributed by atoms with van der Waals surface area (Å²) in [5.41, 5.74) is 2.90. The summed E-state index contributed by atoms with van der Waals surface area (Å²) in [6.45, 7) is 1.78. The van der Waals surface area contributed by atoms with Crippen LogP contribution < -0.4 is 10.8 Å². The zero-order chi connectivity index (χ0) is 17.1. The molecular weight excluding hydrogens is 341 g/mol. The van der Waals surface area contributed by atoms with Crippen LogP contribution >= 0.6 is 23.2 Å². The molecular formula is C15H15Cl2N3O3. The number of amides is 2. The van der Waals surface area contributed by atoms with Gasteiger partial charge < -0.3 is 9.88 Å². The molecule has 0 bridgehead atoms. The van der Waals surface area contributed by atoms with E-state index in [1.807, 2.05) is 0 Å². The summed E-state index contributed by atoms with van der Waals surface area (Å²) in [6.07, 6.45) is 0. The minimum absolute atomic E-state index is 0.283. The number of carbonyl (C=O) groups is 2. The van der Waals surface area contributed by atoms with Crippen LogP contribution in [0.4, 0.5) is 0 Å². The predicted molar refractivity (Wildman–Crippen MR) is 87.0 cm³/mol. The van der Waals surface area contributed by atoms with Crippen LogP contribution in [0.3, 0.4) is 0 Å². The van der Waals surface area contributed by atoms with Gasteiger partial charge in [-0.15, -0.1) is 0 Å². The third-order valence-corrected chi connectivity index (χ3v) is 4.29. The topological polar surface area (TPSA) is 83.4 Å². The molecule has 1 atom stereocenters. The molecule has 2 amide bonds. The Hall–Kier alpha value is -2.02. The Bertz CT molecular complexity index is 758. The van der Waals surface area contributed by atoms with Crippen molar-refractivity contribution in [3.05, 3.63) is 57.3 Å². The van der Waals surface area contributed by atoms with Crippen molar-refractivity contribution in [3.63, 3.8) is 0 Å². The van der Waals surface area contributed by atoms with Gasteiger partial charge in [0.05, 0.1) is 11.1 Å². The summed E-state index contributed by atoms with van der Waals surface area (Å²) in [7, 11) is 1.64. The molecule has 1 heterocycles. The lowest BCUT2D eigenvalue weighted by Crippen LogP contribution is -2.28. The zero-order valence-corrected chi connectivity index (χ0v) is 13.9. The van der Waals surface area contributed by atoms with Crippen LogP contribution in [0.5, 0.6) is 0 Å². The van der Waals surface area contributed by atoms with Crippen LogP contribution in [-0.2, 0) is 7.05 Å². The van der Waals surface area contributed by atoms with Gasteiger partial charge in [-0.25, -0.2) is 5.48 Å². The fraction of sp³-hybridized carbons (Fsp3) is 0.200. The first-order valence-electron chi connectivity index (χ1n) is 6.71. The zero-order valence-electron chi connectivity index (χ0n) is 12.4. The van der Waals surface area contributed by atoms with Crippen molar-refractivity contribution in [3.8, 4) is 0 Å². The Morgan fingerprint density at radius 3 is 2.48 bits per heavy atom. The molecule has 2 aromatic rings. The van der Waals surface area contributed by atoms with E-state index in [1.165, 1.54) is 10.6 Å². The van der Waals surface area contributed by atoms with Crippen LogP contribution in [0, 0.1) is 0 Å². The number of nitrogens with one attached hydrogen (secondary N) is 2. The minimum Gasteiger partial charge on any atom is -0.344 e. The van der Waals surface area contributed by atoms with E-state index in [9.17, 15) is 9.59 Å². The first-order chi connectivity index (χ1) is 10.8. The first-order valence-corrected chi connectivity index (χ1v) is 7.46. The Labute approximate surface area is 143 Å². The van der Waals surface area contributed by atoms with E-state index in [0.29, 0.717) is 16.3 Å². The molecule has 3 N–H and O–H groups in total. The molecule has 0 saturated carbocycles. The number of hydroxylamine groups is 1. The molecule has 1 aromatic heterocycles. The number of carbonyl (C=O) groups excluding carboxylic acids is 2. The van der Waals surface area contributed by atoms with Crippen molar-refractivity contribution < 1.29 is 14.8 Å². The molecule has 122 valence electrons. The van der Waals surface area contributed by atoms with E-state index in [-0.39, 0.29) is 22.7 Å². The van der Waals surface area contributed by atoms with Crippen molar-refractivity contribution in [2.45, 2.75) is 13.0 Å². The molecule has 6 nitrogen and oxygen atoms in total. The maximum Gasteiger partial charge on any atom is 0.274 e. The summed E-state index contributed by atoms with van der Waals surface area (Å²) < 4.78 is 1.49. The van der Waals surface area contributed by atoms with Crippen LogP contribution in [0.2, 0.25) is 10.2 Å². The second-order valence-corrected chi connectivity index (χ2v) is 5.75. The van der Waals surface area contributed by atoms with Gasteiger partial charge in [0.1, 0.15) is 10.8 Å². The lowest BCUT2D eigenvalue weighted by Gasteiger charge is -2.15. The van der Waals surface area contributed by atoms with Crippen LogP contribution in [0.15, 0.2) is 30.3 Å². The van der Waals surface area contributed by atoms with E-state index in [4.69, 9.17) is 28.4 Å². The molecule has 1 unspecified atom stereocenters. The Morgan fingerprint density at radius 1 is 1.22 bits per heavy atom. The second kappa shape index (κ2) is 7.04. The Balaban J connectivity index is 2.18. The SMILES string of the molecule is CC(NC(=O)c1cc(Cl)c(Cl)n1C)c1cccc(C(=O)NO)c1. The van der Waals surface area contributed by atoms with Crippen molar-refractivity contribution in [1.82, 2.24) is 15.4 Å². The summed E-state index contributed by atoms with van der Waals surface area (Å²) in [5.74, 6) is -0.961. The predicted octanol–water partition coefficient (Wildman–Crippen LogP) is 2.94. The van der Waals surface area contributed by atoms with E-state index >= 15 is 0 Å². The molecule has 0 fully saturated rings. The molecule has 0 aliphatic heterocycles. The van der Waals surface area contributed by atoms with Gasteiger partial charge in [0.25, 0.3) is 11.8 Å². The molecule has 0 aliphatic rings. The van der Waals surface area contributed by atoms with E-state index in [2.05, 4.69) is 5.32 Å². The standard InChI is InChI=1S/C15H15Cl2N3O3/c1-8(9-4-3-5-10(6-9)14(21)19-23)18-15(22)12-7-11(16)13(17)20(12)2/h3-8,23H,1-2H3,(H,18,22)(H,19,21). The number of hydrogen-bond acceptors (Lipinski definition) is 3. The highest BCUT2D eigenvalue weighted by molar-refractivity contribution is 6.41. The fourth-order valence-corrected chi connectivity index (χ4v) is 2.50. The summed E-state index contributed by atoms with van der Waals surface area (Å²) >= 11 is 11.9. The minimum atomic E-state index is -0.619. The van der Waals surface area contributed by atoms with E-state index < -0.39 is 5.91 Å². The van der Waals surface area contributed by atoms with Gasteiger partial charge in [-0.3, -0.25) is 14.8 Å². The highest BCUT2D eigenvalue weighted by Crippen LogP contribution is 2.25. The normalized spacial score (nSPS) is 11.9. The number of aromatic nitrogens is 1. The first kappa shape index (κ1) is 17.3. The fourth-order valence-electron chi connectivity index (χ4n) is 2.13. The molecule has 0 radical (unpaired) electrons. The number of rotatable bonds is 4. The number of halogens is 2. The largest absolute Gasteiger partial charge is 0.344 e. The van der Waals surface area contributed by atoms with E-state index in [0.717, 1.165) is 0 Å². The number of nitrogens with zero attached hydrogens (tertiary/aromatic N) is 1. The molecule has 0 aliphatic carbocycles. The van der Waals surface area contributed by atoms with Crippen LogP contribution in [0.25, 0.3) is 0 Å². The molecule has 1 aromatic carbocycles. The molecule has 23 heavy (non-hydrogen) atoms. The maximum atomic E-state index is 12.3. The van der Waals surface area contributed by atoms with Crippen molar-refractivity contribution in [2.24, 2.45) is 7.05 Å². The van der Waals surface area contributed by atoms with Gasteiger partial charge in [0.2, 0.25) is 0 Å². The monoisotopic (exact) mass is 355 g/mol. The van der Waals surface area contributed by atoms with Gasteiger partial charge in [-0.2, -0.15) is 0 Å². The third-order valence-electron chi connectivity index (χ3n) is 3.45. The van der Waals surface area contributed by atoms with Crippen LogP contribution in [-0.4, -0.2) is 21.6 Å². The maximum absolute atomic E-state index is 12.3. The third kappa shape index (κ3) is 3.67. The number of benzene rings is 1. The number of hydrogen-bond donors (Lipinski definition) is 3. The van der Waals surface area contributed by atoms with Crippen molar-refractivity contribution in [1.29, 1.82) is 0 Å². The molecule has 8 heteroatoms. The summed E-state index contributed by atoms with van der Waals surface area (Å²) in [5, 5.41) is 12.1. The molecule has 0 spiro atoms. The Morgan fingerprint density at radius 2 is 1.91 bits per heavy atom. The molecule has 2 rings (SSSR count). The highest BCUT2D eigenvalue weighted by Gasteiger charge is 2.18. The Kier molecular flexibility index (Phi) is 5.30. The highest BCUT2D eigenvalue weighted by atomic mass is 35.5. The lowest BCUT2D eigenvalue weighted by molar-refractivity contribution is 0.0706. The van der Waals surface area contributed by atoms with Gasteiger partial charge in [-0.1, -0.05) is 35.3 Å². The lowest BCUT2D eigenvalue weighted by atomic mass is 10.0. The van der Waals surface area contributed by atoms with Crippen molar-refractivity contribution in [2.75, 3.05) is 0 Å².